The van der Waals surface area contributed by atoms with Gasteiger partial charge in [-0.15, -0.1) is 0 Å². The smallest absolute Gasteiger partial charge is 0.298 e. The van der Waals surface area contributed by atoms with Crippen LogP contribution in [0.3, 0.4) is 0 Å². The number of rotatable bonds is 3. The van der Waals surface area contributed by atoms with Gasteiger partial charge in [-0.05, 0) is 37.0 Å². The third kappa shape index (κ3) is 2.94. The van der Waals surface area contributed by atoms with Gasteiger partial charge in [0, 0.05) is 6.92 Å². The van der Waals surface area contributed by atoms with Crippen LogP contribution in [0.1, 0.15) is 41.0 Å². The molecule has 0 aromatic rings. The summed E-state index contributed by atoms with van der Waals surface area (Å²) in [6.07, 6.45) is 1.15. The zero-order valence-electron chi connectivity index (χ0n) is 10.3. The molecular weight excluding hydrogens is 192 g/mol. The van der Waals surface area contributed by atoms with E-state index in [4.69, 9.17) is 4.89 Å². The summed E-state index contributed by atoms with van der Waals surface area (Å²) in [4.78, 5) is 20.3. The molecule has 1 fully saturated rings. The lowest BCUT2D eigenvalue weighted by atomic mass is 9.88. The van der Waals surface area contributed by atoms with Crippen LogP contribution in [0.4, 0.5) is 0 Å². The molecule has 3 nitrogen and oxygen atoms in total. The van der Waals surface area contributed by atoms with Crippen LogP contribution in [-0.4, -0.2) is 12.1 Å². The number of hydrogen-bond donors (Lipinski definition) is 0. The van der Waals surface area contributed by atoms with E-state index >= 15 is 0 Å². The van der Waals surface area contributed by atoms with Gasteiger partial charge in [0.15, 0.2) is 0 Å². The molecule has 0 bridgehead atoms. The van der Waals surface area contributed by atoms with E-state index in [1.54, 1.807) is 0 Å². The second kappa shape index (κ2) is 4.97. The molecule has 0 radical (unpaired) electrons. The van der Waals surface area contributed by atoms with Gasteiger partial charge in [0.1, 0.15) is 6.10 Å². The van der Waals surface area contributed by atoms with Crippen LogP contribution < -0.4 is 0 Å². The van der Waals surface area contributed by atoms with Crippen LogP contribution in [0.25, 0.3) is 0 Å². The summed E-state index contributed by atoms with van der Waals surface area (Å²) in [5.74, 6) is 2.19. The highest BCUT2D eigenvalue weighted by Gasteiger charge is 2.39. The minimum Gasteiger partial charge on any atom is -0.298 e. The topological polar surface area (TPSA) is 35.5 Å². The van der Waals surface area contributed by atoms with E-state index in [0.29, 0.717) is 11.8 Å². The minimum absolute atomic E-state index is 0.00343. The van der Waals surface area contributed by atoms with Crippen LogP contribution in [0, 0.1) is 23.7 Å². The van der Waals surface area contributed by atoms with Crippen molar-refractivity contribution in [2.24, 2.45) is 23.7 Å². The van der Waals surface area contributed by atoms with E-state index in [9.17, 15) is 4.79 Å². The summed E-state index contributed by atoms with van der Waals surface area (Å²) >= 11 is 0. The average molecular weight is 214 g/mol. The Balaban J connectivity index is 2.46. The normalized spacial score (nSPS) is 37.7. The van der Waals surface area contributed by atoms with Gasteiger partial charge in [0.2, 0.25) is 0 Å². The highest BCUT2D eigenvalue weighted by Crippen LogP contribution is 2.43. The van der Waals surface area contributed by atoms with Gasteiger partial charge in [-0.3, -0.25) is 4.89 Å². The van der Waals surface area contributed by atoms with Gasteiger partial charge in [-0.1, -0.05) is 20.8 Å². The maximum absolute atomic E-state index is 10.6. The Morgan fingerprint density at radius 1 is 1.27 bits per heavy atom. The van der Waals surface area contributed by atoms with Crippen LogP contribution in [0.2, 0.25) is 0 Å². The fraction of sp³-hybridized carbons (Fsp3) is 0.917. The molecule has 5 atom stereocenters. The summed E-state index contributed by atoms with van der Waals surface area (Å²) in [6, 6.07) is 0. The molecule has 3 heteroatoms. The van der Waals surface area contributed by atoms with Crippen LogP contribution >= 0.6 is 0 Å². The lowest BCUT2D eigenvalue weighted by Gasteiger charge is -2.23. The van der Waals surface area contributed by atoms with Crippen molar-refractivity contribution in [1.29, 1.82) is 0 Å². The Bertz CT molecular complexity index is 227. The molecule has 1 aliphatic rings. The molecule has 1 saturated carbocycles. The molecule has 0 N–H and O–H groups in total. The molecule has 0 aliphatic heterocycles. The van der Waals surface area contributed by atoms with Gasteiger partial charge in [-0.2, -0.15) is 4.89 Å². The fourth-order valence-electron chi connectivity index (χ4n) is 2.60. The lowest BCUT2D eigenvalue weighted by Crippen LogP contribution is -2.25. The molecule has 0 saturated heterocycles. The maximum Gasteiger partial charge on any atom is 0.339 e. The lowest BCUT2D eigenvalue weighted by molar-refractivity contribution is -0.303. The van der Waals surface area contributed by atoms with Crippen molar-refractivity contribution in [1.82, 2.24) is 0 Å². The van der Waals surface area contributed by atoms with Crippen LogP contribution in [-0.2, 0) is 14.6 Å². The highest BCUT2D eigenvalue weighted by molar-refractivity contribution is 5.65. The van der Waals surface area contributed by atoms with Crippen molar-refractivity contribution >= 4 is 5.97 Å². The molecule has 15 heavy (non-hydrogen) atoms. The Hall–Kier alpha value is -0.570. The summed E-state index contributed by atoms with van der Waals surface area (Å²) in [5.41, 5.74) is 0. The van der Waals surface area contributed by atoms with E-state index in [2.05, 4.69) is 25.7 Å². The van der Waals surface area contributed by atoms with E-state index in [-0.39, 0.29) is 12.1 Å². The molecule has 1 aliphatic carbocycles. The third-order valence-electron chi connectivity index (χ3n) is 3.97. The van der Waals surface area contributed by atoms with E-state index < -0.39 is 0 Å². The van der Waals surface area contributed by atoms with Gasteiger partial charge in [0.25, 0.3) is 0 Å². The van der Waals surface area contributed by atoms with Gasteiger partial charge in [0.05, 0.1) is 0 Å². The third-order valence-corrected chi connectivity index (χ3v) is 3.97. The molecule has 1 rings (SSSR count). The van der Waals surface area contributed by atoms with Crippen molar-refractivity contribution in [3.8, 4) is 0 Å². The zero-order valence-corrected chi connectivity index (χ0v) is 10.3. The SMILES string of the molecule is CC(=O)OOC(C)C1CC(C)C(C)C1C. The molecule has 0 spiro atoms. The summed E-state index contributed by atoms with van der Waals surface area (Å²) in [5, 5.41) is 0. The van der Waals surface area contributed by atoms with Gasteiger partial charge < -0.3 is 0 Å². The summed E-state index contributed by atoms with van der Waals surface area (Å²) in [7, 11) is 0. The largest absolute Gasteiger partial charge is 0.339 e. The quantitative estimate of drug-likeness (QED) is 0.535. The number of hydrogen-bond acceptors (Lipinski definition) is 3. The van der Waals surface area contributed by atoms with Gasteiger partial charge >= 0.3 is 5.97 Å². The molecule has 0 aromatic carbocycles. The molecule has 88 valence electrons. The fourth-order valence-corrected chi connectivity index (χ4v) is 2.60. The summed E-state index contributed by atoms with van der Waals surface area (Å²) in [6.45, 7) is 10.2. The first-order valence-corrected chi connectivity index (χ1v) is 5.77. The Labute approximate surface area is 92.1 Å². The van der Waals surface area contributed by atoms with Crippen LogP contribution in [0.5, 0.6) is 0 Å². The van der Waals surface area contributed by atoms with Crippen molar-refractivity contribution in [2.75, 3.05) is 0 Å². The standard InChI is InChI=1S/C12H22O3/c1-7-6-12(9(3)8(7)2)10(4)14-15-11(5)13/h7-10,12H,6H2,1-5H3. The van der Waals surface area contributed by atoms with Gasteiger partial charge in [-0.25, -0.2) is 4.79 Å². The monoisotopic (exact) mass is 214 g/mol. The van der Waals surface area contributed by atoms with Crippen molar-refractivity contribution < 1.29 is 14.6 Å². The predicted octanol–water partition coefficient (Wildman–Crippen LogP) is 2.80. The van der Waals surface area contributed by atoms with Crippen molar-refractivity contribution in [3.05, 3.63) is 0 Å². The Morgan fingerprint density at radius 2 is 1.87 bits per heavy atom. The molecule has 0 amide bonds. The minimum atomic E-state index is -0.381. The van der Waals surface area contributed by atoms with Crippen LogP contribution in [0.15, 0.2) is 0 Å². The second-order valence-corrected chi connectivity index (χ2v) is 4.97. The zero-order chi connectivity index (χ0) is 11.6. The summed E-state index contributed by atoms with van der Waals surface area (Å²) < 4.78 is 0. The molecule has 0 aromatic heterocycles. The predicted molar refractivity (Wildman–Crippen MR) is 57.9 cm³/mol. The Morgan fingerprint density at radius 3 is 2.27 bits per heavy atom. The first kappa shape index (κ1) is 12.5. The van der Waals surface area contributed by atoms with Crippen molar-refractivity contribution in [3.63, 3.8) is 0 Å². The molecule has 0 heterocycles. The maximum atomic E-state index is 10.6. The first-order chi connectivity index (χ1) is 6.93. The first-order valence-electron chi connectivity index (χ1n) is 5.77. The molecule has 5 unspecified atom stereocenters. The number of carbonyl (C=O) groups is 1. The Kier molecular flexibility index (Phi) is 4.14. The second-order valence-electron chi connectivity index (χ2n) is 4.97. The molecular formula is C12H22O3. The number of carbonyl (C=O) groups excluding carboxylic acids is 1. The van der Waals surface area contributed by atoms with Crippen molar-refractivity contribution in [2.45, 2.75) is 47.1 Å². The average Bonchev–Trinajstić information content (AvgIpc) is 2.42. The van der Waals surface area contributed by atoms with E-state index in [1.165, 1.54) is 6.92 Å². The van der Waals surface area contributed by atoms with E-state index in [0.717, 1.165) is 18.3 Å². The highest BCUT2D eigenvalue weighted by atomic mass is 17.2. The van der Waals surface area contributed by atoms with E-state index in [1.807, 2.05) is 6.92 Å².